The maximum Gasteiger partial charge on any atom is 0.345 e. The molecule has 0 spiro atoms. The molecule has 5 heteroatoms. The van der Waals surface area contributed by atoms with Crippen molar-refractivity contribution >= 4 is 22.6 Å². The van der Waals surface area contributed by atoms with Crippen LogP contribution in [-0.2, 0) is 11.2 Å². The van der Waals surface area contributed by atoms with Crippen LogP contribution in [0.3, 0.4) is 0 Å². The lowest BCUT2D eigenvalue weighted by Crippen LogP contribution is -2.26. The molecule has 140 valence electrons. The van der Waals surface area contributed by atoms with Gasteiger partial charge in [-0.25, -0.2) is 4.79 Å². The Morgan fingerprint density at radius 2 is 1.85 bits per heavy atom. The molecule has 1 heterocycles. The van der Waals surface area contributed by atoms with Gasteiger partial charge in [-0.3, -0.25) is 4.79 Å². The van der Waals surface area contributed by atoms with E-state index in [0.29, 0.717) is 12.1 Å². The summed E-state index contributed by atoms with van der Waals surface area (Å²) in [5, 5.41) is 0.841. The minimum Gasteiger partial charge on any atom is -0.462 e. The number of rotatable bonds is 5. The molecule has 0 aliphatic heterocycles. The lowest BCUT2D eigenvalue weighted by atomic mass is 9.97. The summed E-state index contributed by atoms with van der Waals surface area (Å²) < 4.78 is 5.12. The molecule has 0 bridgehead atoms. The summed E-state index contributed by atoms with van der Waals surface area (Å²) in [7, 11) is 3.66. The summed E-state index contributed by atoms with van der Waals surface area (Å²) in [6.45, 7) is 3.96. The van der Waals surface area contributed by atoms with E-state index >= 15 is 0 Å². The number of ether oxygens (including phenoxy) is 1. The monoisotopic (exact) mass is 364 g/mol. The minimum absolute atomic E-state index is 0.0469. The van der Waals surface area contributed by atoms with E-state index in [1.54, 1.807) is 11.8 Å². The molecule has 0 atom stereocenters. The van der Waals surface area contributed by atoms with Gasteiger partial charge in [0.25, 0.3) is 5.56 Å². The lowest BCUT2D eigenvalue weighted by Gasteiger charge is -2.20. The number of H-pyrrole nitrogens is 1. The van der Waals surface area contributed by atoms with Crippen LogP contribution in [0.2, 0.25) is 0 Å². The predicted octanol–water partition coefficient (Wildman–Crippen LogP) is 3.67. The van der Waals surface area contributed by atoms with Crippen LogP contribution >= 0.6 is 0 Å². The van der Waals surface area contributed by atoms with Crippen LogP contribution in [0.5, 0.6) is 0 Å². The molecular formula is C22H24N2O3. The molecule has 2 aromatic carbocycles. The first-order valence-electron chi connectivity index (χ1n) is 9.00. The number of benzene rings is 2. The number of esters is 1. The Kier molecular flexibility index (Phi) is 5.31. The molecule has 0 saturated carbocycles. The summed E-state index contributed by atoms with van der Waals surface area (Å²) in [6.07, 6.45) is 0.695. The fraction of sp³-hybridized carbons (Fsp3) is 0.273. The number of carbonyl (C=O) groups excluding carboxylic acids is 1. The topological polar surface area (TPSA) is 62.4 Å². The second-order valence-electron chi connectivity index (χ2n) is 6.80. The Morgan fingerprint density at radius 1 is 1.15 bits per heavy atom. The fourth-order valence-electron chi connectivity index (χ4n) is 3.43. The number of nitrogens with one attached hydrogen (secondary N) is 1. The van der Waals surface area contributed by atoms with Gasteiger partial charge in [0.2, 0.25) is 0 Å². The zero-order valence-corrected chi connectivity index (χ0v) is 16.1. The molecule has 3 rings (SSSR count). The standard InChI is InChI=1S/C22H24N2O3/c1-5-27-22(26)18-20(24(3)4)17-12-14(2)11-16(19(17)23-21(18)25)13-15-9-7-6-8-10-15/h6-12H,5,13H2,1-4H3,(H,23,25). The Bertz CT molecular complexity index is 1040. The average molecular weight is 364 g/mol. The van der Waals surface area contributed by atoms with E-state index in [4.69, 9.17) is 4.74 Å². The molecule has 27 heavy (non-hydrogen) atoms. The number of nitrogens with zero attached hydrogens (tertiary/aromatic N) is 1. The summed E-state index contributed by atoms with van der Waals surface area (Å²) in [6, 6.07) is 14.2. The quantitative estimate of drug-likeness (QED) is 0.702. The Labute approximate surface area is 158 Å². The van der Waals surface area contributed by atoms with Gasteiger partial charge < -0.3 is 14.6 Å². The van der Waals surface area contributed by atoms with Gasteiger partial charge in [0.05, 0.1) is 17.8 Å². The van der Waals surface area contributed by atoms with E-state index in [2.05, 4.69) is 23.2 Å². The van der Waals surface area contributed by atoms with E-state index in [9.17, 15) is 9.59 Å². The number of anilines is 1. The molecule has 5 nitrogen and oxygen atoms in total. The number of carbonyl (C=O) groups is 1. The van der Waals surface area contributed by atoms with Crippen LogP contribution in [0.15, 0.2) is 47.3 Å². The van der Waals surface area contributed by atoms with Crippen molar-refractivity contribution in [2.75, 3.05) is 25.6 Å². The second kappa shape index (κ2) is 7.66. The SMILES string of the molecule is CCOC(=O)c1c(N(C)C)c2cc(C)cc(Cc3ccccc3)c2[nH]c1=O. The third-order valence-electron chi connectivity index (χ3n) is 4.49. The van der Waals surface area contributed by atoms with Crippen LogP contribution in [0.4, 0.5) is 5.69 Å². The third kappa shape index (κ3) is 3.72. The normalized spacial score (nSPS) is 10.8. The molecule has 0 fully saturated rings. The first-order valence-corrected chi connectivity index (χ1v) is 9.00. The molecule has 0 aliphatic carbocycles. The van der Waals surface area contributed by atoms with Crippen molar-refractivity contribution < 1.29 is 9.53 Å². The van der Waals surface area contributed by atoms with E-state index in [1.807, 2.05) is 45.3 Å². The van der Waals surface area contributed by atoms with Crippen molar-refractivity contribution in [3.8, 4) is 0 Å². The van der Waals surface area contributed by atoms with Crippen molar-refractivity contribution in [1.29, 1.82) is 0 Å². The van der Waals surface area contributed by atoms with Crippen molar-refractivity contribution in [1.82, 2.24) is 4.98 Å². The van der Waals surface area contributed by atoms with Gasteiger partial charge >= 0.3 is 5.97 Å². The van der Waals surface area contributed by atoms with Crippen LogP contribution in [0.25, 0.3) is 10.9 Å². The Balaban J connectivity index is 2.29. The molecule has 3 aromatic rings. The van der Waals surface area contributed by atoms with Crippen molar-refractivity contribution in [3.05, 3.63) is 75.1 Å². The summed E-state index contributed by atoms with van der Waals surface area (Å²) >= 11 is 0. The first-order chi connectivity index (χ1) is 12.9. The van der Waals surface area contributed by atoms with E-state index in [0.717, 1.165) is 27.6 Å². The number of aromatic nitrogens is 1. The maximum absolute atomic E-state index is 12.8. The lowest BCUT2D eigenvalue weighted by molar-refractivity contribution is 0.0525. The van der Waals surface area contributed by atoms with Gasteiger partial charge in [0.15, 0.2) is 0 Å². The molecule has 0 saturated heterocycles. The Morgan fingerprint density at radius 3 is 2.48 bits per heavy atom. The zero-order valence-electron chi connectivity index (χ0n) is 16.1. The summed E-state index contributed by atoms with van der Waals surface area (Å²) in [5.41, 5.74) is 4.21. The van der Waals surface area contributed by atoms with Crippen LogP contribution in [0.1, 0.15) is 34.0 Å². The largest absolute Gasteiger partial charge is 0.462 e. The maximum atomic E-state index is 12.8. The summed E-state index contributed by atoms with van der Waals surface area (Å²) in [5.74, 6) is -0.601. The second-order valence-corrected chi connectivity index (χ2v) is 6.80. The van der Waals surface area contributed by atoms with Gasteiger partial charge in [-0.2, -0.15) is 0 Å². The van der Waals surface area contributed by atoms with E-state index in [-0.39, 0.29) is 12.2 Å². The third-order valence-corrected chi connectivity index (χ3v) is 4.49. The minimum atomic E-state index is -0.601. The smallest absolute Gasteiger partial charge is 0.345 e. The van der Waals surface area contributed by atoms with Crippen LogP contribution in [0, 0.1) is 6.92 Å². The van der Waals surface area contributed by atoms with Gasteiger partial charge in [-0.1, -0.05) is 42.0 Å². The number of pyridine rings is 1. The fourth-order valence-corrected chi connectivity index (χ4v) is 3.43. The highest BCUT2D eigenvalue weighted by Gasteiger charge is 2.23. The Hall–Kier alpha value is -3.08. The van der Waals surface area contributed by atoms with E-state index in [1.165, 1.54) is 0 Å². The van der Waals surface area contributed by atoms with Gasteiger partial charge in [-0.15, -0.1) is 0 Å². The molecule has 0 amide bonds. The number of fused-ring (bicyclic) bond motifs is 1. The highest BCUT2D eigenvalue weighted by atomic mass is 16.5. The highest BCUT2D eigenvalue weighted by molar-refractivity contribution is 6.06. The molecule has 1 aromatic heterocycles. The van der Waals surface area contributed by atoms with Gasteiger partial charge in [0, 0.05) is 19.5 Å². The first kappa shape index (κ1) is 18.7. The molecule has 0 radical (unpaired) electrons. The highest BCUT2D eigenvalue weighted by Crippen LogP contribution is 2.31. The molecule has 0 unspecified atom stereocenters. The van der Waals surface area contributed by atoms with Crippen molar-refractivity contribution in [2.24, 2.45) is 0 Å². The zero-order chi connectivity index (χ0) is 19.6. The number of hydrogen-bond acceptors (Lipinski definition) is 4. The van der Waals surface area contributed by atoms with E-state index < -0.39 is 11.5 Å². The number of aryl methyl sites for hydroxylation is 1. The van der Waals surface area contributed by atoms with Gasteiger partial charge in [-0.05, 0) is 37.5 Å². The van der Waals surface area contributed by atoms with Crippen molar-refractivity contribution in [2.45, 2.75) is 20.3 Å². The summed E-state index contributed by atoms with van der Waals surface area (Å²) in [4.78, 5) is 29.9. The molecule has 1 N–H and O–H groups in total. The van der Waals surface area contributed by atoms with Crippen LogP contribution < -0.4 is 10.5 Å². The van der Waals surface area contributed by atoms with Gasteiger partial charge in [0.1, 0.15) is 5.56 Å². The molecule has 0 aliphatic rings. The predicted molar refractivity (Wildman–Crippen MR) is 109 cm³/mol. The number of hydrogen-bond donors (Lipinski definition) is 1. The molecular weight excluding hydrogens is 340 g/mol. The van der Waals surface area contributed by atoms with Crippen LogP contribution in [-0.4, -0.2) is 31.7 Å². The average Bonchev–Trinajstić information content (AvgIpc) is 2.62. The van der Waals surface area contributed by atoms with Crippen molar-refractivity contribution in [3.63, 3.8) is 0 Å². The number of aromatic amines is 1.